The van der Waals surface area contributed by atoms with Gasteiger partial charge in [-0.05, 0) is 41.8 Å². The van der Waals surface area contributed by atoms with Crippen LogP contribution in [0, 0.1) is 5.82 Å². The molecule has 2 aliphatic rings. The number of urea groups is 1. The Hall–Kier alpha value is -3.85. The summed E-state index contributed by atoms with van der Waals surface area (Å²) in [7, 11) is 1.48. The van der Waals surface area contributed by atoms with Gasteiger partial charge in [-0.1, -0.05) is 35.9 Å². The van der Waals surface area contributed by atoms with Crippen molar-refractivity contribution in [2.75, 3.05) is 18.9 Å². The van der Waals surface area contributed by atoms with E-state index >= 15 is 0 Å². The molecule has 1 atom stereocenters. The molecule has 2 aromatic carbocycles. The SMILES string of the molecule is CNC(=O)c1cc(NC(=O)N2CCc3ccccc3C2)c2n1CC(=O)NC2c1cc(F)ccc1Cl. The number of benzene rings is 2. The maximum absolute atomic E-state index is 14.1. The van der Waals surface area contributed by atoms with Gasteiger partial charge in [0.15, 0.2) is 0 Å². The number of nitrogens with one attached hydrogen (secondary N) is 3. The van der Waals surface area contributed by atoms with Crippen molar-refractivity contribution >= 4 is 35.1 Å². The summed E-state index contributed by atoms with van der Waals surface area (Å²) in [5, 5.41) is 8.55. The van der Waals surface area contributed by atoms with E-state index in [0.717, 1.165) is 12.0 Å². The average molecular weight is 496 g/mol. The second-order valence-corrected chi connectivity index (χ2v) is 8.94. The normalized spacial score (nSPS) is 16.7. The molecule has 10 heteroatoms. The van der Waals surface area contributed by atoms with Gasteiger partial charge in [0.2, 0.25) is 5.91 Å². The van der Waals surface area contributed by atoms with E-state index in [9.17, 15) is 18.8 Å². The number of nitrogens with zero attached hydrogens (tertiary/aromatic N) is 2. The number of carbonyl (C=O) groups excluding carboxylic acids is 3. The number of carbonyl (C=O) groups is 3. The molecule has 3 N–H and O–H groups in total. The lowest BCUT2D eigenvalue weighted by atomic mass is 10.00. The molecule has 0 aliphatic carbocycles. The molecule has 4 amide bonds. The van der Waals surface area contributed by atoms with E-state index in [1.54, 1.807) is 4.90 Å². The Morgan fingerprint density at radius 3 is 2.66 bits per heavy atom. The average Bonchev–Trinajstić information content (AvgIpc) is 3.22. The van der Waals surface area contributed by atoms with E-state index < -0.39 is 17.8 Å². The number of amides is 4. The van der Waals surface area contributed by atoms with Crippen LogP contribution >= 0.6 is 11.6 Å². The van der Waals surface area contributed by atoms with Crippen LogP contribution in [-0.2, 0) is 24.3 Å². The molecule has 1 unspecified atom stereocenters. The highest BCUT2D eigenvalue weighted by Gasteiger charge is 2.35. The summed E-state index contributed by atoms with van der Waals surface area (Å²) in [6.45, 7) is 0.863. The summed E-state index contributed by atoms with van der Waals surface area (Å²) in [6.07, 6.45) is 0.735. The molecule has 3 heterocycles. The lowest BCUT2D eigenvalue weighted by molar-refractivity contribution is -0.123. The topological polar surface area (TPSA) is 95.5 Å². The van der Waals surface area contributed by atoms with Crippen molar-refractivity contribution in [3.8, 4) is 0 Å². The lowest BCUT2D eigenvalue weighted by Gasteiger charge is -2.31. The summed E-state index contributed by atoms with van der Waals surface area (Å²) in [4.78, 5) is 40.2. The van der Waals surface area contributed by atoms with Crippen LogP contribution in [0.4, 0.5) is 14.9 Å². The standard InChI is InChI=1S/C25H23ClFN5O3/c1-28-24(34)20-11-19(29-25(35)31-9-8-14-4-2-3-5-15(14)12-31)23-22(30-21(33)13-32(20)23)17-10-16(27)6-7-18(17)26/h2-7,10-11,22H,8-9,12-13H2,1H3,(H,28,34)(H,29,35)(H,30,33). The number of hydrogen-bond acceptors (Lipinski definition) is 3. The van der Waals surface area contributed by atoms with Crippen LogP contribution in [0.25, 0.3) is 0 Å². The first-order chi connectivity index (χ1) is 16.9. The Morgan fingerprint density at radius 1 is 1.11 bits per heavy atom. The fraction of sp³-hybridized carbons (Fsp3) is 0.240. The van der Waals surface area contributed by atoms with Gasteiger partial charge in [-0.2, -0.15) is 0 Å². The van der Waals surface area contributed by atoms with Crippen molar-refractivity contribution < 1.29 is 18.8 Å². The van der Waals surface area contributed by atoms with Crippen LogP contribution in [0.5, 0.6) is 0 Å². The van der Waals surface area contributed by atoms with Gasteiger partial charge in [0.25, 0.3) is 5.91 Å². The molecule has 0 spiro atoms. The van der Waals surface area contributed by atoms with Gasteiger partial charge in [-0.15, -0.1) is 0 Å². The van der Waals surface area contributed by atoms with Gasteiger partial charge in [0, 0.05) is 30.7 Å². The van der Waals surface area contributed by atoms with Crippen molar-refractivity contribution in [1.29, 1.82) is 0 Å². The largest absolute Gasteiger partial charge is 0.354 e. The van der Waals surface area contributed by atoms with Gasteiger partial charge in [0.05, 0.1) is 17.4 Å². The number of anilines is 1. The third-order valence-corrected chi connectivity index (χ3v) is 6.75. The maximum Gasteiger partial charge on any atom is 0.322 e. The number of halogens is 2. The molecular weight excluding hydrogens is 473 g/mol. The Balaban J connectivity index is 1.54. The quantitative estimate of drug-likeness (QED) is 0.519. The molecule has 0 saturated heterocycles. The zero-order valence-corrected chi connectivity index (χ0v) is 19.7. The monoisotopic (exact) mass is 495 g/mol. The maximum atomic E-state index is 14.1. The number of rotatable bonds is 3. The molecule has 0 bridgehead atoms. The summed E-state index contributed by atoms with van der Waals surface area (Å²) in [5.41, 5.74) is 3.61. The Morgan fingerprint density at radius 2 is 1.89 bits per heavy atom. The second-order valence-electron chi connectivity index (χ2n) is 8.53. The smallest absolute Gasteiger partial charge is 0.322 e. The lowest BCUT2D eigenvalue weighted by Crippen LogP contribution is -2.42. The molecule has 5 rings (SSSR count). The number of aromatic nitrogens is 1. The van der Waals surface area contributed by atoms with Crippen LogP contribution in [0.3, 0.4) is 0 Å². The highest BCUT2D eigenvalue weighted by molar-refractivity contribution is 6.31. The van der Waals surface area contributed by atoms with Crippen molar-refractivity contribution in [2.45, 2.75) is 25.6 Å². The van der Waals surface area contributed by atoms with E-state index in [-0.39, 0.29) is 29.2 Å². The predicted molar refractivity (Wildman–Crippen MR) is 129 cm³/mol. The Bertz CT molecular complexity index is 1350. The molecule has 0 radical (unpaired) electrons. The number of fused-ring (bicyclic) bond motifs is 2. The first-order valence-electron chi connectivity index (χ1n) is 11.2. The van der Waals surface area contributed by atoms with E-state index in [4.69, 9.17) is 11.6 Å². The van der Waals surface area contributed by atoms with Crippen LogP contribution in [0.15, 0.2) is 48.5 Å². The van der Waals surface area contributed by atoms with Crippen molar-refractivity contribution in [3.63, 3.8) is 0 Å². The fourth-order valence-electron chi connectivity index (χ4n) is 4.70. The minimum Gasteiger partial charge on any atom is -0.354 e. The van der Waals surface area contributed by atoms with Gasteiger partial charge < -0.3 is 25.4 Å². The van der Waals surface area contributed by atoms with Crippen LogP contribution in [0.1, 0.15) is 38.9 Å². The highest BCUT2D eigenvalue weighted by atomic mass is 35.5. The zero-order chi connectivity index (χ0) is 24.7. The summed E-state index contributed by atoms with van der Waals surface area (Å²) in [5.74, 6) is -1.31. The number of hydrogen-bond donors (Lipinski definition) is 3. The molecule has 8 nitrogen and oxygen atoms in total. The van der Waals surface area contributed by atoms with Crippen molar-refractivity contribution in [3.05, 3.63) is 87.4 Å². The van der Waals surface area contributed by atoms with Crippen molar-refractivity contribution in [2.24, 2.45) is 0 Å². The minimum absolute atomic E-state index is 0.130. The predicted octanol–water partition coefficient (Wildman–Crippen LogP) is 3.45. The first-order valence-corrected chi connectivity index (χ1v) is 11.6. The molecule has 0 fully saturated rings. The van der Waals surface area contributed by atoms with Crippen LogP contribution < -0.4 is 16.0 Å². The molecule has 180 valence electrons. The van der Waals surface area contributed by atoms with Crippen molar-refractivity contribution in [1.82, 2.24) is 20.1 Å². The van der Waals surface area contributed by atoms with E-state index in [1.165, 1.54) is 41.4 Å². The minimum atomic E-state index is -0.866. The summed E-state index contributed by atoms with van der Waals surface area (Å²) in [6, 6.07) is 12.2. The van der Waals surface area contributed by atoms with Crippen LogP contribution in [-0.4, -0.2) is 40.9 Å². The Kier molecular flexibility index (Phi) is 5.94. The molecule has 1 aromatic heterocycles. The summed E-state index contributed by atoms with van der Waals surface area (Å²) < 4.78 is 15.7. The third kappa shape index (κ3) is 4.23. The molecule has 3 aromatic rings. The summed E-state index contributed by atoms with van der Waals surface area (Å²) >= 11 is 6.37. The molecule has 35 heavy (non-hydrogen) atoms. The second kappa shape index (κ2) is 9.07. The van der Waals surface area contributed by atoms with E-state index in [1.807, 2.05) is 18.2 Å². The first kappa shape index (κ1) is 22.9. The molecule has 2 aliphatic heterocycles. The van der Waals surface area contributed by atoms with Crippen LogP contribution in [0.2, 0.25) is 5.02 Å². The van der Waals surface area contributed by atoms with Gasteiger partial charge >= 0.3 is 6.03 Å². The Labute approximate surface area is 206 Å². The van der Waals surface area contributed by atoms with E-state index in [0.29, 0.717) is 30.0 Å². The highest BCUT2D eigenvalue weighted by Crippen LogP contribution is 2.37. The fourth-order valence-corrected chi connectivity index (χ4v) is 4.93. The zero-order valence-electron chi connectivity index (χ0n) is 18.9. The van der Waals surface area contributed by atoms with Gasteiger partial charge in [-0.25, -0.2) is 9.18 Å². The van der Waals surface area contributed by atoms with E-state index in [2.05, 4.69) is 22.0 Å². The van der Waals surface area contributed by atoms with Gasteiger partial charge in [0.1, 0.15) is 18.1 Å². The van der Waals surface area contributed by atoms with Gasteiger partial charge in [-0.3, -0.25) is 9.59 Å². The molecular formula is C25H23ClFN5O3. The third-order valence-electron chi connectivity index (χ3n) is 6.41. The molecule has 0 saturated carbocycles.